The number of fused-ring (bicyclic) bond motifs is 1. The summed E-state index contributed by atoms with van der Waals surface area (Å²) in [5.74, 6) is -0.705. The molecule has 2 rings (SSSR count). The number of nitrogens with zero attached hydrogens (tertiary/aromatic N) is 1. The molecular weight excluding hydrogens is 270 g/mol. The van der Waals surface area contributed by atoms with Crippen molar-refractivity contribution in [3.63, 3.8) is 0 Å². The van der Waals surface area contributed by atoms with Gasteiger partial charge in [0.05, 0.1) is 0 Å². The first-order chi connectivity index (χ1) is 9.76. The first kappa shape index (κ1) is 15.4. The van der Waals surface area contributed by atoms with Gasteiger partial charge in [-0.2, -0.15) is 0 Å². The van der Waals surface area contributed by atoms with Crippen LogP contribution in [0, 0.1) is 0 Å². The number of carbonyl (C=O) groups excluding carboxylic acids is 1. The number of rotatable bonds is 4. The zero-order chi connectivity index (χ0) is 15.8. The Morgan fingerprint density at radius 3 is 2.62 bits per heavy atom. The summed E-state index contributed by atoms with van der Waals surface area (Å²) in [6.45, 7) is 7.42. The standard InChI is InChI=1S/C16H21NO4/c1-5-17(10(2)18)13(15(19)20)12-8-6-7-11-9-16(3,4)21-14(11)12/h6-8,13H,5,9H2,1-4H3,(H,19,20). The van der Waals surface area contributed by atoms with Crippen molar-refractivity contribution in [2.45, 2.75) is 45.8 Å². The summed E-state index contributed by atoms with van der Waals surface area (Å²) in [6, 6.07) is 4.47. The Balaban J connectivity index is 2.52. The maximum atomic E-state index is 11.7. The fourth-order valence-electron chi connectivity index (χ4n) is 2.88. The van der Waals surface area contributed by atoms with Crippen molar-refractivity contribution in [3.8, 4) is 5.75 Å². The number of amides is 1. The van der Waals surface area contributed by atoms with E-state index in [2.05, 4.69) is 0 Å². The van der Waals surface area contributed by atoms with Gasteiger partial charge in [0.15, 0.2) is 6.04 Å². The van der Waals surface area contributed by atoms with E-state index in [0.717, 1.165) is 12.0 Å². The molecule has 1 aliphatic rings. The second-order valence-electron chi connectivity index (χ2n) is 5.92. The molecule has 0 aliphatic carbocycles. The first-order valence-corrected chi connectivity index (χ1v) is 7.07. The number of carbonyl (C=O) groups is 2. The van der Waals surface area contributed by atoms with Gasteiger partial charge in [-0.3, -0.25) is 4.79 Å². The summed E-state index contributed by atoms with van der Waals surface area (Å²) in [7, 11) is 0. The van der Waals surface area contributed by atoms with Gasteiger partial charge in [-0.1, -0.05) is 18.2 Å². The van der Waals surface area contributed by atoms with Crippen LogP contribution in [0.5, 0.6) is 5.75 Å². The van der Waals surface area contributed by atoms with Crippen LogP contribution in [0.3, 0.4) is 0 Å². The highest BCUT2D eigenvalue weighted by molar-refractivity contribution is 5.84. The van der Waals surface area contributed by atoms with Gasteiger partial charge < -0.3 is 14.7 Å². The molecule has 1 N–H and O–H groups in total. The quantitative estimate of drug-likeness (QED) is 0.925. The number of benzene rings is 1. The molecule has 0 saturated heterocycles. The van der Waals surface area contributed by atoms with E-state index in [1.165, 1.54) is 11.8 Å². The van der Waals surface area contributed by atoms with Gasteiger partial charge in [-0.25, -0.2) is 4.79 Å². The van der Waals surface area contributed by atoms with E-state index in [4.69, 9.17) is 4.74 Å². The second kappa shape index (κ2) is 5.39. The number of aliphatic carboxylic acids is 1. The molecule has 0 saturated carbocycles. The molecule has 114 valence electrons. The molecule has 5 nitrogen and oxygen atoms in total. The average molecular weight is 291 g/mol. The lowest BCUT2D eigenvalue weighted by molar-refractivity contribution is -0.149. The van der Waals surface area contributed by atoms with Crippen LogP contribution < -0.4 is 4.74 Å². The topological polar surface area (TPSA) is 66.8 Å². The number of carboxylic acids is 1. The molecule has 0 spiro atoms. The molecule has 1 aromatic carbocycles. The summed E-state index contributed by atoms with van der Waals surface area (Å²) in [5, 5.41) is 9.59. The van der Waals surface area contributed by atoms with Crippen LogP contribution in [0.1, 0.15) is 44.9 Å². The number of ether oxygens (including phenoxy) is 1. The molecular formula is C16H21NO4. The molecule has 1 amide bonds. The molecule has 1 atom stereocenters. The number of hydrogen-bond donors (Lipinski definition) is 1. The molecule has 0 fully saturated rings. The van der Waals surface area contributed by atoms with Crippen LogP contribution >= 0.6 is 0 Å². The SMILES string of the molecule is CCN(C(C)=O)C(C(=O)O)c1cccc2c1OC(C)(C)C2. The number of likely N-dealkylation sites (N-methyl/N-ethyl adjacent to an activating group) is 1. The lowest BCUT2D eigenvalue weighted by Crippen LogP contribution is -2.37. The Bertz CT molecular complexity index is 580. The lowest BCUT2D eigenvalue weighted by Gasteiger charge is -2.28. The van der Waals surface area contributed by atoms with E-state index >= 15 is 0 Å². The zero-order valence-electron chi connectivity index (χ0n) is 12.8. The van der Waals surface area contributed by atoms with E-state index in [1.807, 2.05) is 26.0 Å². The van der Waals surface area contributed by atoms with Crippen molar-refractivity contribution in [3.05, 3.63) is 29.3 Å². The Labute approximate surface area is 124 Å². The second-order valence-corrected chi connectivity index (χ2v) is 5.92. The summed E-state index contributed by atoms with van der Waals surface area (Å²) >= 11 is 0. The maximum absolute atomic E-state index is 11.7. The molecule has 0 bridgehead atoms. The predicted octanol–water partition coefficient (Wildman–Crippen LogP) is 2.39. The molecule has 1 heterocycles. The minimum atomic E-state index is -1.05. The van der Waals surface area contributed by atoms with Crippen molar-refractivity contribution >= 4 is 11.9 Å². The highest BCUT2D eigenvalue weighted by Gasteiger charge is 2.37. The van der Waals surface area contributed by atoms with E-state index in [0.29, 0.717) is 17.9 Å². The van der Waals surface area contributed by atoms with E-state index < -0.39 is 12.0 Å². The lowest BCUT2D eigenvalue weighted by atomic mass is 9.97. The van der Waals surface area contributed by atoms with Gasteiger partial charge in [0.2, 0.25) is 5.91 Å². The minimum absolute atomic E-state index is 0.264. The third-order valence-corrected chi connectivity index (χ3v) is 3.71. The highest BCUT2D eigenvalue weighted by Crippen LogP contribution is 2.41. The van der Waals surface area contributed by atoms with Crippen LogP contribution in [0.2, 0.25) is 0 Å². The number of hydrogen-bond acceptors (Lipinski definition) is 3. The smallest absolute Gasteiger partial charge is 0.331 e. The maximum Gasteiger partial charge on any atom is 0.331 e. The molecule has 21 heavy (non-hydrogen) atoms. The summed E-state index contributed by atoms with van der Waals surface area (Å²) in [5.41, 5.74) is 1.18. The molecule has 0 aromatic heterocycles. The van der Waals surface area contributed by atoms with Crippen LogP contribution in [0.4, 0.5) is 0 Å². The third-order valence-electron chi connectivity index (χ3n) is 3.71. The van der Waals surface area contributed by atoms with Gasteiger partial charge in [-0.05, 0) is 26.3 Å². The molecule has 1 aromatic rings. The average Bonchev–Trinajstić information content (AvgIpc) is 2.68. The monoisotopic (exact) mass is 291 g/mol. The summed E-state index contributed by atoms with van der Waals surface area (Å²) < 4.78 is 5.93. The first-order valence-electron chi connectivity index (χ1n) is 7.07. The van der Waals surface area contributed by atoms with Gasteiger partial charge >= 0.3 is 5.97 Å². The van der Waals surface area contributed by atoms with Crippen molar-refractivity contribution in [2.24, 2.45) is 0 Å². The molecule has 1 aliphatic heterocycles. The fraction of sp³-hybridized carbons (Fsp3) is 0.500. The zero-order valence-corrected chi connectivity index (χ0v) is 12.8. The van der Waals surface area contributed by atoms with Crippen LogP contribution in [-0.4, -0.2) is 34.0 Å². The van der Waals surface area contributed by atoms with Crippen molar-refractivity contribution in [2.75, 3.05) is 6.54 Å². The van der Waals surface area contributed by atoms with Crippen molar-refractivity contribution in [1.29, 1.82) is 0 Å². The number of para-hydroxylation sites is 1. The van der Waals surface area contributed by atoms with Crippen LogP contribution in [0.15, 0.2) is 18.2 Å². The van der Waals surface area contributed by atoms with Gasteiger partial charge in [-0.15, -0.1) is 0 Å². The predicted molar refractivity (Wildman–Crippen MR) is 78.3 cm³/mol. The number of carboxylic acid groups (broad SMARTS) is 1. The fourth-order valence-corrected chi connectivity index (χ4v) is 2.88. The molecule has 5 heteroatoms. The normalized spacial score (nSPS) is 16.8. The summed E-state index contributed by atoms with van der Waals surface area (Å²) in [6.07, 6.45) is 0.731. The van der Waals surface area contributed by atoms with Crippen LogP contribution in [-0.2, 0) is 16.0 Å². The van der Waals surface area contributed by atoms with Gasteiger partial charge in [0, 0.05) is 25.5 Å². The van der Waals surface area contributed by atoms with Crippen molar-refractivity contribution in [1.82, 2.24) is 4.90 Å². The highest BCUT2D eigenvalue weighted by atomic mass is 16.5. The van der Waals surface area contributed by atoms with Crippen LogP contribution in [0.25, 0.3) is 0 Å². The largest absolute Gasteiger partial charge is 0.487 e. The van der Waals surface area contributed by atoms with E-state index in [9.17, 15) is 14.7 Å². The Hall–Kier alpha value is -2.04. The minimum Gasteiger partial charge on any atom is -0.487 e. The Kier molecular flexibility index (Phi) is 3.94. The van der Waals surface area contributed by atoms with E-state index in [-0.39, 0.29) is 11.5 Å². The molecule has 0 radical (unpaired) electrons. The van der Waals surface area contributed by atoms with Crippen molar-refractivity contribution < 1.29 is 19.4 Å². The third kappa shape index (κ3) is 2.86. The van der Waals surface area contributed by atoms with Gasteiger partial charge in [0.1, 0.15) is 11.4 Å². The Morgan fingerprint density at radius 1 is 1.43 bits per heavy atom. The van der Waals surface area contributed by atoms with Gasteiger partial charge in [0.25, 0.3) is 0 Å². The Morgan fingerprint density at radius 2 is 2.10 bits per heavy atom. The van der Waals surface area contributed by atoms with E-state index in [1.54, 1.807) is 13.0 Å². The summed E-state index contributed by atoms with van der Waals surface area (Å²) in [4.78, 5) is 24.8. The molecule has 1 unspecified atom stereocenters.